The van der Waals surface area contributed by atoms with Crippen LogP contribution in [0.2, 0.25) is 0 Å². The van der Waals surface area contributed by atoms with Gasteiger partial charge in [0.1, 0.15) is 5.83 Å². The summed E-state index contributed by atoms with van der Waals surface area (Å²) in [6.45, 7) is 6.34. The molecule has 1 unspecified atom stereocenters. The molecule has 0 aromatic heterocycles. The average molecular weight is 280 g/mol. The van der Waals surface area contributed by atoms with Crippen LogP contribution in [0.5, 0.6) is 0 Å². The third-order valence-corrected chi connectivity index (χ3v) is 3.01. The molecule has 2 rings (SSSR count). The zero-order valence-corrected chi connectivity index (χ0v) is 12.3. The maximum Gasteiger partial charge on any atom is 0.196 e. The monoisotopic (exact) mass is 280 g/mol. The van der Waals surface area contributed by atoms with Crippen LogP contribution < -0.4 is 0 Å². The van der Waals surface area contributed by atoms with Gasteiger partial charge in [-0.25, -0.2) is 8.78 Å². The average Bonchev–Trinajstić information content (AvgIpc) is 2.51. The Bertz CT molecular complexity index is 463. The zero-order chi connectivity index (χ0) is 15.0. The first kappa shape index (κ1) is 16.4. The SMILES string of the molecule is CC.CC(COC1=CCCC(F)=C1F)c1ccccc1. The lowest BCUT2D eigenvalue weighted by molar-refractivity contribution is 0.188. The number of allylic oxidation sites excluding steroid dienone is 3. The highest BCUT2D eigenvalue weighted by atomic mass is 19.2. The maximum absolute atomic E-state index is 13.4. The first-order chi connectivity index (χ1) is 9.68. The molecule has 0 bridgehead atoms. The molecule has 0 amide bonds. The van der Waals surface area contributed by atoms with E-state index in [1.165, 1.54) is 0 Å². The first-order valence-electron chi connectivity index (χ1n) is 7.11. The molecule has 0 fully saturated rings. The Balaban J connectivity index is 0.000000956. The van der Waals surface area contributed by atoms with E-state index in [-0.39, 0.29) is 18.1 Å². The number of rotatable bonds is 4. The molecule has 0 N–H and O–H groups in total. The number of hydrogen-bond donors (Lipinski definition) is 0. The molecule has 1 aliphatic carbocycles. The smallest absolute Gasteiger partial charge is 0.196 e. The molecular weight excluding hydrogens is 258 g/mol. The van der Waals surface area contributed by atoms with E-state index in [0.717, 1.165) is 5.56 Å². The van der Waals surface area contributed by atoms with Gasteiger partial charge >= 0.3 is 0 Å². The minimum atomic E-state index is -0.846. The van der Waals surface area contributed by atoms with Crippen molar-refractivity contribution in [1.82, 2.24) is 0 Å². The van der Waals surface area contributed by atoms with Gasteiger partial charge in [0, 0.05) is 12.3 Å². The van der Waals surface area contributed by atoms with Gasteiger partial charge in [-0.1, -0.05) is 51.1 Å². The molecule has 1 atom stereocenters. The van der Waals surface area contributed by atoms with Crippen LogP contribution in [-0.2, 0) is 4.74 Å². The highest BCUT2D eigenvalue weighted by Gasteiger charge is 2.18. The normalized spacial score (nSPS) is 15.9. The van der Waals surface area contributed by atoms with Crippen molar-refractivity contribution in [3.8, 4) is 0 Å². The van der Waals surface area contributed by atoms with Crippen molar-refractivity contribution in [3.05, 3.63) is 59.4 Å². The number of ether oxygens (including phenoxy) is 1. The summed E-state index contributed by atoms with van der Waals surface area (Å²) in [5.41, 5.74) is 1.12. The second-order valence-corrected chi connectivity index (χ2v) is 4.45. The molecule has 1 nitrogen and oxygen atoms in total. The quantitative estimate of drug-likeness (QED) is 0.691. The lowest BCUT2D eigenvalue weighted by Crippen LogP contribution is -2.07. The summed E-state index contributed by atoms with van der Waals surface area (Å²) in [7, 11) is 0. The van der Waals surface area contributed by atoms with E-state index in [0.29, 0.717) is 13.0 Å². The Hall–Kier alpha value is -1.64. The van der Waals surface area contributed by atoms with Crippen LogP contribution in [0.3, 0.4) is 0 Å². The molecule has 20 heavy (non-hydrogen) atoms. The lowest BCUT2D eigenvalue weighted by Gasteiger charge is -2.17. The fourth-order valence-corrected chi connectivity index (χ4v) is 1.88. The summed E-state index contributed by atoms with van der Waals surface area (Å²) in [4.78, 5) is 0. The van der Waals surface area contributed by atoms with E-state index < -0.39 is 11.7 Å². The van der Waals surface area contributed by atoms with Crippen molar-refractivity contribution in [2.75, 3.05) is 6.61 Å². The van der Waals surface area contributed by atoms with Gasteiger partial charge < -0.3 is 4.74 Å². The molecule has 1 aromatic rings. The van der Waals surface area contributed by atoms with Gasteiger partial charge in [0.25, 0.3) is 0 Å². The molecule has 0 spiro atoms. The third-order valence-electron chi connectivity index (χ3n) is 3.01. The summed E-state index contributed by atoms with van der Waals surface area (Å²) in [6, 6.07) is 9.84. The van der Waals surface area contributed by atoms with E-state index in [2.05, 4.69) is 0 Å². The Morgan fingerprint density at radius 2 is 1.80 bits per heavy atom. The second-order valence-electron chi connectivity index (χ2n) is 4.45. The molecule has 0 saturated carbocycles. The largest absolute Gasteiger partial charge is 0.490 e. The fraction of sp³-hybridized carbons (Fsp3) is 0.412. The third kappa shape index (κ3) is 4.48. The van der Waals surface area contributed by atoms with Gasteiger partial charge in [0.2, 0.25) is 0 Å². The predicted octanol–water partition coefficient (Wildman–Crippen LogP) is 5.66. The minimum Gasteiger partial charge on any atom is -0.490 e. The number of halogens is 2. The van der Waals surface area contributed by atoms with Crippen LogP contribution in [0.1, 0.15) is 45.1 Å². The van der Waals surface area contributed by atoms with Gasteiger partial charge in [-0.2, -0.15) is 0 Å². The Morgan fingerprint density at radius 1 is 1.15 bits per heavy atom. The van der Waals surface area contributed by atoms with Crippen molar-refractivity contribution < 1.29 is 13.5 Å². The van der Waals surface area contributed by atoms with Gasteiger partial charge in [-0.3, -0.25) is 0 Å². The molecule has 110 valence electrons. The Morgan fingerprint density at radius 3 is 2.45 bits per heavy atom. The Kier molecular flexibility index (Phi) is 6.99. The molecule has 0 heterocycles. The highest BCUT2D eigenvalue weighted by molar-refractivity contribution is 5.26. The van der Waals surface area contributed by atoms with E-state index in [1.54, 1.807) is 6.08 Å². The number of hydrogen-bond acceptors (Lipinski definition) is 1. The van der Waals surface area contributed by atoms with Crippen molar-refractivity contribution >= 4 is 0 Å². The van der Waals surface area contributed by atoms with E-state index in [4.69, 9.17) is 4.74 Å². The first-order valence-corrected chi connectivity index (χ1v) is 7.11. The van der Waals surface area contributed by atoms with Gasteiger partial charge in [-0.05, 0) is 18.1 Å². The van der Waals surface area contributed by atoms with E-state index in [9.17, 15) is 8.78 Å². The van der Waals surface area contributed by atoms with Gasteiger partial charge in [0.05, 0.1) is 6.61 Å². The lowest BCUT2D eigenvalue weighted by atomic mass is 10.0. The van der Waals surface area contributed by atoms with Crippen LogP contribution in [0.15, 0.2) is 53.8 Å². The van der Waals surface area contributed by atoms with E-state index >= 15 is 0 Å². The predicted molar refractivity (Wildman–Crippen MR) is 78.7 cm³/mol. The van der Waals surface area contributed by atoms with Crippen molar-refractivity contribution in [2.45, 2.75) is 39.5 Å². The summed E-state index contributed by atoms with van der Waals surface area (Å²) in [5, 5.41) is 0. The Labute approximate surface area is 120 Å². The molecule has 1 aromatic carbocycles. The van der Waals surface area contributed by atoms with Crippen LogP contribution in [-0.4, -0.2) is 6.61 Å². The van der Waals surface area contributed by atoms with Crippen molar-refractivity contribution in [2.24, 2.45) is 0 Å². The highest BCUT2D eigenvalue weighted by Crippen LogP contribution is 2.29. The van der Waals surface area contributed by atoms with Crippen LogP contribution in [0.4, 0.5) is 8.78 Å². The van der Waals surface area contributed by atoms with E-state index in [1.807, 2.05) is 51.1 Å². The standard InChI is InChI=1S/C15H16F2O.C2H6/c1-11(12-6-3-2-4-7-12)10-18-14-9-5-8-13(16)15(14)17;1-2/h2-4,6-7,9,11H,5,8,10H2,1H3;1-2H3. The van der Waals surface area contributed by atoms with Crippen LogP contribution in [0, 0.1) is 0 Å². The van der Waals surface area contributed by atoms with Gasteiger partial charge in [0.15, 0.2) is 11.6 Å². The summed E-state index contributed by atoms with van der Waals surface area (Å²) in [6.07, 6.45) is 2.23. The van der Waals surface area contributed by atoms with Crippen molar-refractivity contribution in [1.29, 1.82) is 0 Å². The van der Waals surface area contributed by atoms with Crippen molar-refractivity contribution in [3.63, 3.8) is 0 Å². The number of benzene rings is 1. The van der Waals surface area contributed by atoms with Crippen LogP contribution in [0.25, 0.3) is 0 Å². The summed E-state index contributed by atoms with van der Waals surface area (Å²) < 4.78 is 31.8. The second kappa shape index (κ2) is 8.51. The summed E-state index contributed by atoms with van der Waals surface area (Å²) in [5.74, 6) is -1.37. The van der Waals surface area contributed by atoms with Crippen LogP contribution >= 0.6 is 0 Å². The maximum atomic E-state index is 13.4. The molecule has 1 aliphatic rings. The zero-order valence-electron chi connectivity index (χ0n) is 12.3. The molecule has 0 radical (unpaired) electrons. The minimum absolute atomic E-state index is 0.0431. The van der Waals surface area contributed by atoms with Gasteiger partial charge in [-0.15, -0.1) is 0 Å². The molecular formula is C17H22F2O. The molecule has 3 heteroatoms. The fourth-order valence-electron chi connectivity index (χ4n) is 1.88. The summed E-state index contributed by atoms with van der Waals surface area (Å²) >= 11 is 0. The molecule has 0 aliphatic heterocycles. The molecule has 0 saturated heterocycles. The topological polar surface area (TPSA) is 9.23 Å².